The largest absolute Gasteiger partial charge is 0.310 e. The highest BCUT2D eigenvalue weighted by Crippen LogP contribution is 2.46. The zero-order chi connectivity index (χ0) is 33.3. The van der Waals surface area contributed by atoms with Gasteiger partial charge in [-0.3, -0.25) is 0 Å². The van der Waals surface area contributed by atoms with E-state index in [0.29, 0.717) is 0 Å². The van der Waals surface area contributed by atoms with Crippen LogP contribution in [0, 0.1) is 0 Å². The van der Waals surface area contributed by atoms with E-state index >= 15 is 0 Å². The lowest BCUT2D eigenvalue weighted by atomic mass is 9.65. The SMILES string of the molecule is c1ccc(-c2ccc(-n3c4ccccc4c4cc(N(c5ccccc5)c5ccc(C6(c7ccccc7)CCCCC6)cc5)ccc43)cc2)cc1. The molecule has 2 nitrogen and oxygen atoms in total. The summed E-state index contributed by atoms with van der Waals surface area (Å²) in [4.78, 5) is 2.40. The number of para-hydroxylation sites is 2. The molecule has 0 saturated heterocycles. The number of fused-ring (bicyclic) bond motifs is 3. The molecule has 8 aromatic rings. The fourth-order valence-corrected chi connectivity index (χ4v) is 8.42. The van der Waals surface area contributed by atoms with Gasteiger partial charge in [-0.2, -0.15) is 0 Å². The Balaban J connectivity index is 1.15. The highest BCUT2D eigenvalue weighted by molar-refractivity contribution is 6.10. The first-order valence-corrected chi connectivity index (χ1v) is 18.0. The zero-order valence-corrected chi connectivity index (χ0v) is 28.3. The number of hydrogen-bond donors (Lipinski definition) is 0. The van der Waals surface area contributed by atoms with Gasteiger partial charge < -0.3 is 9.47 Å². The first-order chi connectivity index (χ1) is 24.8. The van der Waals surface area contributed by atoms with Crippen LogP contribution in [-0.4, -0.2) is 4.57 Å². The quantitative estimate of drug-likeness (QED) is 0.168. The lowest BCUT2D eigenvalue weighted by Crippen LogP contribution is -2.30. The van der Waals surface area contributed by atoms with Gasteiger partial charge in [0.2, 0.25) is 0 Å². The molecule has 0 atom stereocenters. The smallest absolute Gasteiger partial charge is 0.0542 e. The average Bonchev–Trinajstić information content (AvgIpc) is 3.53. The van der Waals surface area contributed by atoms with Gasteiger partial charge in [0.05, 0.1) is 11.0 Å². The number of aromatic nitrogens is 1. The van der Waals surface area contributed by atoms with Crippen molar-refractivity contribution in [2.45, 2.75) is 37.5 Å². The Morgan fingerprint density at radius 2 is 0.940 bits per heavy atom. The van der Waals surface area contributed by atoms with Crippen molar-refractivity contribution in [2.24, 2.45) is 0 Å². The van der Waals surface area contributed by atoms with Gasteiger partial charge in [-0.05, 0) is 95.8 Å². The number of nitrogens with zero attached hydrogens (tertiary/aromatic N) is 2. The number of rotatable bonds is 7. The Morgan fingerprint density at radius 1 is 0.400 bits per heavy atom. The minimum absolute atomic E-state index is 0.0790. The average molecular weight is 645 g/mol. The summed E-state index contributed by atoms with van der Waals surface area (Å²) in [6, 6.07) is 66.7. The minimum Gasteiger partial charge on any atom is -0.310 e. The summed E-state index contributed by atoms with van der Waals surface area (Å²) in [5.41, 5.74) is 12.4. The molecular weight excluding hydrogens is 605 g/mol. The predicted molar refractivity (Wildman–Crippen MR) is 211 cm³/mol. The second-order valence-electron chi connectivity index (χ2n) is 13.7. The van der Waals surface area contributed by atoms with Gasteiger partial charge in [0.1, 0.15) is 0 Å². The second-order valence-corrected chi connectivity index (χ2v) is 13.7. The molecule has 0 spiro atoms. The molecule has 7 aromatic carbocycles. The van der Waals surface area contributed by atoms with Crippen molar-refractivity contribution in [1.82, 2.24) is 4.57 Å². The molecule has 0 aliphatic heterocycles. The topological polar surface area (TPSA) is 8.17 Å². The standard InChI is InChI=1S/C48H40N2/c1-5-15-36(16-6-1)37-23-27-42(28-24-37)50-46-22-12-11-21-44(46)45-35-43(31-32-47(45)50)49(40-19-9-3-10-20-40)41-29-25-39(26-30-41)48(33-13-4-14-34-48)38-17-7-2-8-18-38/h1-3,5-12,15-32,35H,4,13-14,33-34H2. The van der Waals surface area contributed by atoms with Crippen LogP contribution in [0.4, 0.5) is 17.1 Å². The highest BCUT2D eigenvalue weighted by atomic mass is 15.1. The Bertz CT molecular complexity index is 2370. The van der Waals surface area contributed by atoms with Crippen molar-refractivity contribution in [3.8, 4) is 16.8 Å². The summed E-state index contributed by atoms with van der Waals surface area (Å²) < 4.78 is 2.40. The summed E-state index contributed by atoms with van der Waals surface area (Å²) in [7, 11) is 0. The summed E-state index contributed by atoms with van der Waals surface area (Å²) >= 11 is 0. The van der Waals surface area contributed by atoms with Crippen LogP contribution in [-0.2, 0) is 5.41 Å². The molecule has 242 valence electrons. The van der Waals surface area contributed by atoms with E-state index in [9.17, 15) is 0 Å². The molecule has 1 aromatic heterocycles. The van der Waals surface area contributed by atoms with Crippen molar-refractivity contribution < 1.29 is 0 Å². The lowest BCUT2D eigenvalue weighted by Gasteiger charge is -2.39. The number of hydrogen-bond acceptors (Lipinski definition) is 1. The van der Waals surface area contributed by atoms with Crippen LogP contribution in [0.25, 0.3) is 38.6 Å². The third kappa shape index (κ3) is 5.29. The highest BCUT2D eigenvalue weighted by Gasteiger charge is 2.35. The first-order valence-electron chi connectivity index (χ1n) is 18.0. The molecule has 1 heterocycles. The van der Waals surface area contributed by atoms with Crippen LogP contribution < -0.4 is 4.90 Å². The molecule has 1 aliphatic carbocycles. The van der Waals surface area contributed by atoms with Crippen molar-refractivity contribution in [3.63, 3.8) is 0 Å². The fraction of sp³-hybridized carbons (Fsp3) is 0.125. The van der Waals surface area contributed by atoms with E-state index < -0.39 is 0 Å². The van der Waals surface area contributed by atoms with Crippen LogP contribution in [0.15, 0.2) is 182 Å². The number of anilines is 3. The molecule has 2 heteroatoms. The van der Waals surface area contributed by atoms with Gasteiger partial charge in [-0.25, -0.2) is 0 Å². The summed E-state index contributed by atoms with van der Waals surface area (Å²) in [5, 5.41) is 2.50. The molecule has 50 heavy (non-hydrogen) atoms. The van der Waals surface area contributed by atoms with Gasteiger partial charge >= 0.3 is 0 Å². The van der Waals surface area contributed by atoms with E-state index in [1.807, 2.05) is 0 Å². The molecule has 0 bridgehead atoms. The van der Waals surface area contributed by atoms with Crippen LogP contribution in [0.1, 0.15) is 43.2 Å². The maximum Gasteiger partial charge on any atom is 0.0542 e. The van der Waals surface area contributed by atoms with Gasteiger partial charge in [0, 0.05) is 38.9 Å². The molecule has 0 unspecified atom stereocenters. The van der Waals surface area contributed by atoms with E-state index in [-0.39, 0.29) is 5.41 Å². The maximum absolute atomic E-state index is 2.40. The third-order valence-corrected chi connectivity index (χ3v) is 10.9. The lowest BCUT2D eigenvalue weighted by molar-refractivity contribution is 0.346. The molecule has 1 fully saturated rings. The molecule has 1 saturated carbocycles. The normalized spacial score (nSPS) is 14.2. The summed E-state index contributed by atoms with van der Waals surface area (Å²) in [6.45, 7) is 0. The van der Waals surface area contributed by atoms with E-state index in [4.69, 9.17) is 0 Å². The van der Waals surface area contributed by atoms with Crippen LogP contribution >= 0.6 is 0 Å². The Hall–Kier alpha value is -5.86. The van der Waals surface area contributed by atoms with E-state index in [2.05, 4.69) is 191 Å². The van der Waals surface area contributed by atoms with Crippen molar-refractivity contribution >= 4 is 38.9 Å². The third-order valence-electron chi connectivity index (χ3n) is 10.9. The predicted octanol–water partition coefficient (Wildman–Crippen LogP) is 13.2. The van der Waals surface area contributed by atoms with Gasteiger partial charge in [-0.1, -0.05) is 141 Å². The Morgan fingerprint density at radius 3 is 1.66 bits per heavy atom. The van der Waals surface area contributed by atoms with Crippen molar-refractivity contribution in [1.29, 1.82) is 0 Å². The van der Waals surface area contributed by atoms with E-state index in [1.54, 1.807) is 0 Å². The molecule has 0 amide bonds. The second kappa shape index (κ2) is 12.9. The van der Waals surface area contributed by atoms with E-state index in [0.717, 1.165) is 17.1 Å². The molecule has 1 aliphatic rings. The van der Waals surface area contributed by atoms with Crippen LogP contribution in [0.5, 0.6) is 0 Å². The Kier molecular flexibility index (Phi) is 7.78. The molecular formula is C48H40N2. The van der Waals surface area contributed by atoms with Crippen LogP contribution in [0.2, 0.25) is 0 Å². The molecule has 9 rings (SSSR count). The zero-order valence-electron chi connectivity index (χ0n) is 28.3. The molecule has 0 N–H and O–H groups in total. The number of benzene rings is 7. The van der Waals surface area contributed by atoms with Gasteiger partial charge in [0.15, 0.2) is 0 Å². The minimum atomic E-state index is 0.0790. The van der Waals surface area contributed by atoms with Crippen molar-refractivity contribution in [2.75, 3.05) is 4.90 Å². The first kappa shape index (κ1) is 30.2. The van der Waals surface area contributed by atoms with Crippen molar-refractivity contribution in [3.05, 3.63) is 193 Å². The summed E-state index contributed by atoms with van der Waals surface area (Å²) in [5.74, 6) is 0. The Labute approximate surface area is 294 Å². The van der Waals surface area contributed by atoms with Gasteiger partial charge in [-0.15, -0.1) is 0 Å². The monoisotopic (exact) mass is 644 g/mol. The fourth-order valence-electron chi connectivity index (χ4n) is 8.42. The summed E-state index contributed by atoms with van der Waals surface area (Å²) in [6.07, 6.45) is 6.28. The molecule has 0 radical (unpaired) electrons. The van der Waals surface area contributed by atoms with Crippen LogP contribution in [0.3, 0.4) is 0 Å². The van der Waals surface area contributed by atoms with Gasteiger partial charge in [0.25, 0.3) is 0 Å². The maximum atomic E-state index is 2.40. The van der Waals surface area contributed by atoms with E-state index in [1.165, 1.54) is 81.9 Å².